The third-order valence-corrected chi connectivity index (χ3v) is 7.22. The highest BCUT2D eigenvalue weighted by atomic mass is 32.2. The van der Waals surface area contributed by atoms with Gasteiger partial charge in [-0.2, -0.15) is 0 Å². The van der Waals surface area contributed by atoms with Crippen LogP contribution in [-0.4, -0.2) is 36.9 Å². The van der Waals surface area contributed by atoms with Crippen LogP contribution in [0.4, 0.5) is 0 Å². The zero-order valence-electron chi connectivity index (χ0n) is 16.0. The molecule has 6 heteroatoms. The summed E-state index contributed by atoms with van der Waals surface area (Å²) < 4.78 is 31.5. The number of aryl methyl sites for hydroxylation is 1. The van der Waals surface area contributed by atoms with Crippen LogP contribution in [0.3, 0.4) is 0 Å². The SMILES string of the molecule is Cc1cc(C(=O)COc2cccc3ccccc23)c(C)n1[C@H]1CCS(=O)(=O)C1. The summed E-state index contributed by atoms with van der Waals surface area (Å²) >= 11 is 0. The van der Waals surface area contributed by atoms with E-state index in [2.05, 4.69) is 0 Å². The molecule has 3 aromatic rings. The number of ketones is 1. The molecule has 4 rings (SSSR count). The molecule has 5 nitrogen and oxygen atoms in total. The summed E-state index contributed by atoms with van der Waals surface area (Å²) in [5.74, 6) is 0.932. The van der Waals surface area contributed by atoms with Crippen molar-refractivity contribution in [2.45, 2.75) is 26.3 Å². The first-order chi connectivity index (χ1) is 13.4. The van der Waals surface area contributed by atoms with E-state index in [-0.39, 0.29) is 29.9 Å². The van der Waals surface area contributed by atoms with E-state index in [1.54, 1.807) is 0 Å². The van der Waals surface area contributed by atoms with Crippen LogP contribution in [0.25, 0.3) is 10.8 Å². The maximum absolute atomic E-state index is 12.8. The van der Waals surface area contributed by atoms with Crippen LogP contribution in [0.15, 0.2) is 48.5 Å². The number of Topliss-reactive ketones (excluding diaryl/α,β-unsaturated/α-hetero) is 1. The van der Waals surface area contributed by atoms with Crippen molar-refractivity contribution in [1.82, 2.24) is 4.57 Å². The van der Waals surface area contributed by atoms with Crippen LogP contribution < -0.4 is 4.74 Å². The lowest BCUT2D eigenvalue weighted by molar-refractivity contribution is 0.0922. The third kappa shape index (κ3) is 3.44. The van der Waals surface area contributed by atoms with E-state index in [4.69, 9.17) is 4.74 Å². The summed E-state index contributed by atoms with van der Waals surface area (Å²) in [7, 11) is -2.99. The molecule has 146 valence electrons. The van der Waals surface area contributed by atoms with Gasteiger partial charge in [-0.25, -0.2) is 8.42 Å². The Kier molecular flexibility index (Phi) is 4.75. The number of fused-ring (bicyclic) bond motifs is 1. The van der Waals surface area contributed by atoms with E-state index in [9.17, 15) is 13.2 Å². The minimum atomic E-state index is -2.99. The Hall–Kier alpha value is -2.60. The van der Waals surface area contributed by atoms with E-state index < -0.39 is 9.84 Å². The van der Waals surface area contributed by atoms with Gasteiger partial charge in [0, 0.05) is 28.4 Å². The van der Waals surface area contributed by atoms with Crippen LogP contribution in [0.5, 0.6) is 5.75 Å². The van der Waals surface area contributed by atoms with Crippen LogP contribution in [-0.2, 0) is 9.84 Å². The molecular formula is C22H23NO4S. The van der Waals surface area contributed by atoms with Gasteiger partial charge in [-0.15, -0.1) is 0 Å². The molecule has 1 fully saturated rings. The molecule has 0 radical (unpaired) electrons. The summed E-state index contributed by atoms with van der Waals surface area (Å²) in [6.07, 6.45) is 0.596. The molecule has 0 aliphatic carbocycles. The average molecular weight is 397 g/mol. The highest BCUT2D eigenvalue weighted by Crippen LogP contribution is 2.30. The molecule has 0 N–H and O–H groups in total. The Labute approximate surface area is 164 Å². The molecule has 1 aliphatic rings. The summed E-state index contributed by atoms with van der Waals surface area (Å²) in [4.78, 5) is 12.8. The summed E-state index contributed by atoms with van der Waals surface area (Å²) in [6.45, 7) is 3.74. The van der Waals surface area contributed by atoms with Crippen molar-refractivity contribution in [1.29, 1.82) is 0 Å². The van der Waals surface area contributed by atoms with Gasteiger partial charge in [0.2, 0.25) is 5.78 Å². The molecule has 1 saturated heterocycles. The molecule has 1 aromatic heterocycles. The molecule has 0 spiro atoms. The van der Waals surface area contributed by atoms with Crippen molar-refractivity contribution in [3.05, 3.63) is 65.5 Å². The van der Waals surface area contributed by atoms with Gasteiger partial charge in [0.05, 0.1) is 11.5 Å². The quantitative estimate of drug-likeness (QED) is 0.613. The second kappa shape index (κ2) is 7.09. The first kappa shape index (κ1) is 18.7. The molecule has 0 amide bonds. The van der Waals surface area contributed by atoms with Crippen molar-refractivity contribution in [2.24, 2.45) is 0 Å². The van der Waals surface area contributed by atoms with Gasteiger partial charge in [-0.05, 0) is 37.8 Å². The van der Waals surface area contributed by atoms with Gasteiger partial charge in [0.15, 0.2) is 16.4 Å². The molecule has 0 saturated carbocycles. The molecular weight excluding hydrogens is 374 g/mol. The lowest BCUT2D eigenvalue weighted by Gasteiger charge is -2.16. The fourth-order valence-electron chi connectivity index (χ4n) is 4.14. The number of hydrogen-bond acceptors (Lipinski definition) is 4. The summed E-state index contributed by atoms with van der Waals surface area (Å²) in [6, 6.07) is 15.4. The standard InChI is InChI=1S/C22H23NO4S/c1-15-12-20(16(2)23(15)18-10-11-28(25,26)14-18)21(24)13-27-22-9-5-7-17-6-3-4-8-19(17)22/h3-9,12,18H,10-11,13-14H2,1-2H3/t18-/m0/s1. The van der Waals surface area contributed by atoms with Crippen LogP contribution in [0, 0.1) is 13.8 Å². The smallest absolute Gasteiger partial charge is 0.202 e. The zero-order chi connectivity index (χ0) is 19.9. The number of rotatable bonds is 5. The fourth-order valence-corrected chi connectivity index (χ4v) is 5.84. The van der Waals surface area contributed by atoms with Crippen molar-refractivity contribution in [3.63, 3.8) is 0 Å². The monoisotopic (exact) mass is 397 g/mol. The first-order valence-corrected chi connectivity index (χ1v) is 11.2. The minimum Gasteiger partial charge on any atom is -0.485 e. The molecule has 2 aromatic carbocycles. The molecule has 1 aliphatic heterocycles. The predicted molar refractivity (Wildman–Crippen MR) is 110 cm³/mol. The lowest BCUT2D eigenvalue weighted by Crippen LogP contribution is -2.16. The number of aromatic nitrogens is 1. The van der Waals surface area contributed by atoms with E-state index >= 15 is 0 Å². The second-order valence-corrected chi connectivity index (χ2v) is 9.63. The topological polar surface area (TPSA) is 65.4 Å². The van der Waals surface area contributed by atoms with Gasteiger partial charge in [0.1, 0.15) is 5.75 Å². The zero-order valence-corrected chi connectivity index (χ0v) is 16.8. The van der Waals surface area contributed by atoms with Gasteiger partial charge in [0.25, 0.3) is 0 Å². The van der Waals surface area contributed by atoms with Gasteiger partial charge in [-0.1, -0.05) is 36.4 Å². The number of sulfone groups is 1. The largest absolute Gasteiger partial charge is 0.485 e. The number of carbonyl (C=O) groups is 1. The Bertz CT molecular complexity index is 1160. The molecule has 0 unspecified atom stereocenters. The maximum Gasteiger partial charge on any atom is 0.202 e. The first-order valence-electron chi connectivity index (χ1n) is 9.38. The number of ether oxygens (including phenoxy) is 1. The van der Waals surface area contributed by atoms with E-state index in [0.717, 1.165) is 22.2 Å². The number of hydrogen-bond donors (Lipinski definition) is 0. The number of benzene rings is 2. The van der Waals surface area contributed by atoms with Gasteiger partial charge in [-0.3, -0.25) is 4.79 Å². The molecule has 0 bridgehead atoms. The average Bonchev–Trinajstić information content (AvgIpc) is 3.17. The van der Waals surface area contributed by atoms with Gasteiger partial charge >= 0.3 is 0 Å². The van der Waals surface area contributed by atoms with Gasteiger partial charge < -0.3 is 9.30 Å². The lowest BCUT2D eigenvalue weighted by atomic mass is 10.1. The predicted octanol–water partition coefficient (Wildman–Crippen LogP) is 3.88. The summed E-state index contributed by atoms with van der Waals surface area (Å²) in [5.41, 5.74) is 2.32. The Morgan fingerprint density at radius 2 is 1.89 bits per heavy atom. The third-order valence-electron chi connectivity index (χ3n) is 5.47. The molecule has 2 heterocycles. The second-order valence-electron chi connectivity index (χ2n) is 7.40. The van der Waals surface area contributed by atoms with E-state index in [1.165, 1.54) is 0 Å². The normalized spacial score (nSPS) is 18.4. The fraction of sp³-hybridized carbons (Fsp3) is 0.318. The van der Waals surface area contributed by atoms with E-state index in [0.29, 0.717) is 17.7 Å². The van der Waals surface area contributed by atoms with Crippen molar-refractivity contribution in [3.8, 4) is 5.75 Å². The Morgan fingerprint density at radius 1 is 1.14 bits per heavy atom. The van der Waals surface area contributed by atoms with Crippen LogP contribution in [0.1, 0.15) is 34.2 Å². The maximum atomic E-state index is 12.8. The molecule has 28 heavy (non-hydrogen) atoms. The summed E-state index contributed by atoms with van der Waals surface area (Å²) in [5, 5.41) is 2.03. The number of carbonyl (C=O) groups excluding carboxylic acids is 1. The van der Waals surface area contributed by atoms with Crippen molar-refractivity contribution < 1.29 is 17.9 Å². The highest BCUT2D eigenvalue weighted by molar-refractivity contribution is 7.91. The number of nitrogens with zero attached hydrogens (tertiary/aromatic N) is 1. The van der Waals surface area contributed by atoms with Crippen LogP contribution in [0.2, 0.25) is 0 Å². The Balaban J connectivity index is 1.55. The van der Waals surface area contributed by atoms with Crippen LogP contribution >= 0.6 is 0 Å². The highest BCUT2D eigenvalue weighted by Gasteiger charge is 2.31. The molecule has 1 atom stereocenters. The van der Waals surface area contributed by atoms with Crippen molar-refractivity contribution in [2.75, 3.05) is 18.1 Å². The minimum absolute atomic E-state index is 0.0543. The van der Waals surface area contributed by atoms with E-state index in [1.807, 2.05) is 66.9 Å². The Morgan fingerprint density at radius 3 is 2.64 bits per heavy atom. The van der Waals surface area contributed by atoms with Crippen molar-refractivity contribution >= 4 is 26.4 Å².